The number of rotatable bonds is 4. The predicted molar refractivity (Wildman–Crippen MR) is 78.9 cm³/mol. The highest BCUT2D eigenvalue weighted by atomic mass is 15.3. The summed E-state index contributed by atoms with van der Waals surface area (Å²) in [4.78, 5) is 12.0. The number of aromatic nitrogens is 2. The van der Waals surface area contributed by atoms with Crippen LogP contribution in [0, 0.1) is 0 Å². The molecule has 0 aromatic carbocycles. The van der Waals surface area contributed by atoms with Crippen molar-refractivity contribution >= 4 is 11.8 Å². The van der Waals surface area contributed by atoms with E-state index in [1.54, 1.807) is 0 Å². The lowest BCUT2D eigenvalue weighted by Crippen LogP contribution is -2.31. The topological polar surface area (TPSA) is 41.1 Å². The molecule has 4 nitrogen and oxygen atoms in total. The van der Waals surface area contributed by atoms with Crippen LogP contribution in [0.5, 0.6) is 0 Å². The van der Waals surface area contributed by atoms with Gasteiger partial charge in [0.15, 0.2) is 0 Å². The van der Waals surface area contributed by atoms with Gasteiger partial charge in [0.05, 0.1) is 5.69 Å². The lowest BCUT2D eigenvalue weighted by molar-refractivity contribution is 0.567. The van der Waals surface area contributed by atoms with E-state index in [-0.39, 0.29) is 0 Å². The van der Waals surface area contributed by atoms with E-state index in [9.17, 15) is 0 Å². The van der Waals surface area contributed by atoms with Crippen molar-refractivity contribution in [3.8, 4) is 0 Å². The third kappa shape index (κ3) is 2.67. The minimum atomic E-state index is 0.957. The molecule has 4 heteroatoms. The minimum absolute atomic E-state index is 0.957. The van der Waals surface area contributed by atoms with Gasteiger partial charge in [0.2, 0.25) is 5.95 Å². The van der Waals surface area contributed by atoms with Gasteiger partial charge in [-0.25, -0.2) is 4.98 Å². The Hall–Kier alpha value is -1.32. The summed E-state index contributed by atoms with van der Waals surface area (Å²) in [6.07, 6.45) is 8.53. The number of aryl methyl sites for hydroxylation is 1. The number of fused-ring (bicyclic) bond motifs is 1. The van der Waals surface area contributed by atoms with Crippen LogP contribution in [0.15, 0.2) is 0 Å². The lowest BCUT2D eigenvalue weighted by Gasteiger charge is -2.27. The summed E-state index contributed by atoms with van der Waals surface area (Å²) >= 11 is 0. The summed E-state index contributed by atoms with van der Waals surface area (Å²) in [6, 6.07) is 0. The molecule has 0 radical (unpaired) electrons. The maximum Gasteiger partial charge on any atom is 0.227 e. The van der Waals surface area contributed by atoms with E-state index in [0.717, 1.165) is 50.7 Å². The number of hydrogen-bond donors (Lipinski definition) is 1. The van der Waals surface area contributed by atoms with Gasteiger partial charge in [-0.3, -0.25) is 0 Å². The molecule has 2 aliphatic rings. The third-order valence-electron chi connectivity index (χ3n) is 4.10. The van der Waals surface area contributed by atoms with Crippen LogP contribution >= 0.6 is 0 Å². The molecule has 0 atom stereocenters. The van der Waals surface area contributed by atoms with Crippen LogP contribution in [0.3, 0.4) is 0 Å². The Balaban J connectivity index is 1.87. The van der Waals surface area contributed by atoms with Crippen molar-refractivity contribution in [3.05, 3.63) is 11.3 Å². The summed E-state index contributed by atoms with van der Waals surface area (Å²) in [7, 11) is 0. The Bertz CT molecular complexity index is 438. The molecule has 0 saturated carbocycles. The first-order chi connectivity index (χ1) is 9.38. The summed E-state index contributed by atoms with van der Waals surface area (Å²) in [5.74, 6) is 2.06. The second-order valence-corrected chi connectivity index (χ2v) is 5.63. The van der Waals surface area contributed by atoms with Crippen molar-refractivity contribution in [2.75, 3.05) is 29.9 Å². The van der Waals surface area contributed by atoms with Gasteiger partial charge in [-0.2, -0.15) is 4.98 Å². The predicted octanol–water partition coefficient (Wildman–Crippen LogP) is 2.78. The van der Waals surface area contributed by atoms with Gasteiger partial charge in [-0.05, 0) is 44.9 Å². The molecule has 1 N–H and O–H groups in total. The van der Waals surface area contributed by atoms with Gasteiger partial charge >= 0.3 is 0 Å². The number of nitrogens with one attached hydrogen (secondary N) is 1. The zero-order chi connectivity index (χ0) is 13.1. The Morgan fingerprint density at radius 1 is 1.05 bits per heavy atom. The highest BCUT2D eigenvalue weighted by Crippen LogP contribution is 2.29. The van der Waals surface area contributed by atoms with E-state index in [4.69, 9.17) is 9.97 Å². The maximum atomic E-state index is 4.82. The van der Waals surface area contributed by atoms with E-state index in [0.29, 0.717) is 0 Å². The Labute approximate surface area is 115 Å². The van der Waals surface area contributed by atoms with Crippen LogP contribution < -0.4 is 10.2 Å². The average molecular weight is 260 g/mol. The molecule has 0 bridgehead atoms. The molecule has 1 fully saturated rings. The third-order valence-corrected chi connectivity index (χ3v) is 4.10. The minimum Gasteiger partial charge on any atom is -0.370 e. The molecule has 104 valence electrons. The molecular formula is C15H24N4. The summed E-state index contributed by atoms with van der Waals surface area (Å²) in [6.45, 7) is 5.43. The molecule has 1 aromatic heterocycles. The first-order valence-electron chi connectivity index (χ1n) is 7.77. The van der Waals surface area contributed by atoms with Crippen molar-refractivity contribution in [2.24, 2.45) is 0 Å². The highest BCUT2D eigenvalue weighted by molar-refractivity contribution is 5.53. The molecule has 0 unspecified atom stereocenters. The zero-order valence-corrected chi connectivity index (χ0v) is 11.9. The summed E-state index contributed by atoms with van der Waals surface area (Å²) in [5, 5.41) is 3.50. The van der Waals surface area contributed by atoms with Gasteiger partial charge in [-0.1, -0.05) is 6.92 Å². The van der Waals surface area contributed by atoms with E-state index >= 15 is 0 Å². The van der Waals surface area contributed by atoms with Crippen LogP contribution in [0.25, 0.3) is 0 Å². The summed E-state index contributed by atoms with van der Waals surface area (Å²) in [5.41, 5.74) is 2.66. The Morgan fingerprint density at radius 2 is 1.89 bits per heavy atom. The van der Waals surface area contributed by atoms with Crippen LogP contribution in [0.2, 0.25) is 0 Å². The standard InChI is InChI=1S/C15H24N4/c1-2-9-16-14-12-7-6-8-13(12)17-15(18-14)19-10-4-3-5-11-19/h2-11H2,1H3,(H,16,17,18). The van der Waals surface area contributed by atoms with Gasteiger partial charge in [0.25, 0.3) is 0 Å². The molecule has 2 heterocycles. The molecule has 0 spiro atoms. The quantitative estimate of drug-likeness (QED) is 0.904. The smallest absolute Gasteiger partial charge is 0.227 e. The van der Waals surface area contributed by atoms with E-state index in [1.807, 2.05) is 0 Å². The van der Waals surface area contributed by atoms with Crippen molar-refractivity contribution in [3.63, 3.8) is 0 Å². The first kappa shape index (κ1) is 12.7. The van der Waals surface area contributed by atoms with E-state index in [2.05, 4.69) is 17.1 Å². The maximum absolute atomic E-state index is 4.82. The van der Waals surface area contributed by atoms with Gasteiger partial charge in [0, 0.05) is 25.2 Å². The number of anilines is 2. The molecule has 1 aliphatic heterocycles. The number of nitrogens with zero attached hydrogens (tertiary/aromatic N) is 3. The monoisotopic (exact) mass is 260 g/mol. The molecule has 3 rings (SSSR count). The zero-order valence-electron chi connectivity index (χ0n) is 11.9. The fourth-order valence-corrected chi connectivity index (χ4v) is 3.04. The molecule has 0 amide bonds. The van der Waals surface area contributed by atoms with Crippen LogP contribution in [0.4, 0.5) is 11.8 Å². The van der Waals surface area contributed by atoms with Crippen molar-refractivity contribution in [1.82, 2.24) is 9.97 Å². The van der Waals surface area contributed by atoms with Crippen LogP contribution in [-0.2, 0) is 12.8 Å². The normalized spacial score (nSPS) is 18.5. The van der Waals surface area contributed by atoms with E-state index < -0.39 is 0 Å². The fourth-order valence-electron chi connectivity index (χ4n) is 3.04. The van der Waals surface area contributed by atoms with Crippen molar-refractivity contribution in [2.45, 2.75) is 51.9 Å². The second-order valence-electron chi connectivity index (χ2n) is 5.63. The first-order valence-corrected chi connectivity index (χ1v) is 7.77. The Kier molecular flexibility index (Phi) is 3.85. The van der Waals surface area contributed by atoms with Gasteiger partial charge in [0.1, 0.15) is 5.82 Å². The van der Waals surface area contributed by atoms with Crippen molar-refractivity contribution in [1.29, 1.82) is 0 Å². The van der Waals surface area contributed by atoms with E-state index in [1.165, 1.54) is 36.9 Å². The molecule has 1 aromatic rings. The van der Waals surface area contributed by atoms with Crippen LogP contribution in [0.1, 0.15) is 50.3 Å². The molecule has 1 saturated heterocycles. The summed E-state index contributed by atoms with van der Waals surface area (Å²) < 4.78 is 0. The lowest BCUT2D eigenvalue weighted by atomic mass is 10.1. The largest absolute Gasteiger partial charge is 0.370 e. The number of piperidine rings is 1. The Morgan fingerprint density at radius 3 is 2.68 bits per heavy atom. The second kappa shape index (κ2) is 5.76. The van der Waals surface area contributed by atoms with Gasteiger partial charge in [-0.15, -0.1) is 0 Å². The molecule has 19 heavy (non-hydrogen) atoms. The molecule has 1 aliphatic carbocycles. The highest BCUT2D eigenvalue weighted by Gasteiger charge is 2.22. The van der Waals surface area contributed by atoms with Gasteiger partial charge < -0.3 is 10.2 Å². The fraction of sp³-hybridized carbons (Fsp3) is 0.733. The SMILES string of the molecule is CCCNc1nc(N2CCCCC2)nc2c1CCC2. The van der Waals surface area contributed by atoms with Crippen molar-refractivity contribution < 1.29 is 0 Å². The van der Waals surface area contributed by atoms with Crippen LogP contribution in [-0.4, -0.2) is 29.6 Å². The molecular weight excluding hydrogens is 236 g/mol. The number of hydrogen-bond acceptors (Lipinski definition) is 4. The average Bonchev–Trinajstić information content (AvgIpc) is 2.94.